The molecule has 0 aliphatic carbocycles. The van der Waals surface area contributed by atoms with Gasteiger partial charge in [-0.15, -0.1) is 0 Å². The third-order valence-corrected chi connectivity index (χ3v) is 5.19. The summed E-state index contributed by atoms with van der Waals surface area (Å²) in [4.78, 5) is 23.2. The van der Waals surface area contributed by atoms with E-state index < -0.39 is 32.0 Å². The lowest BCUT2D eigenvalue weighted by atomic mass is 10.2. The fourth-order valence-corrected chi connectivity index (χ4v) is 3.44. The molecule has 0 bridgehead atoms. The Balaban J connectivity index is 2.63. The number of nitrogen functional groups attached to an aromatic ring is 1. The molecule has 3 N–H and O–H groups in total. The van der Waals surface area contributed by atoms with Crippen molar-refractivity contribution >= 4 is 33.1 Å². The monoisotopic (exact) mass is 358 g/mol. The first kappa shape index (κ1) is 17.1. The summed E-state index contributed by atoms with van der Waals surface area (Å²) < 4.78 is 28.8. The van der Waals surface area contributed by atoms with Crippen molar-refractivity contribution in [2.75, 3.05) is 10.5 Å². The van der Waals surface area contributed by atoms with Crippen LogP contribution in [0.2, 0.25) is 5.02 Å². The Morgan fingerprint density at radius 3 is 2.35 bits per heavy atom. The maximum absolute atomic E-state index is 12.5. The Bertz CT molecular complexity index is 1010. The second kappa shape index (κ2) is 5.74. The van der Waals surface area contributed by atoms with Gasteiger partial charge in [0.2, 0.25) is 0 Å². The Morgan fingerprint density at radius 2 is 1.78 bits per heavy atom. The highest BCUT2D eigenvalue weighted by Gasteiger charge is 2.26. The van der Waals surface area contributed by atoms with E-state index >= 15 is 0 Å². The van der Waals surface area contributed by atoms with Gasteiger partial charge in [-0.25, -0.2) is 13.2 Å². The molecule has 23 heavy (non-hydrogen) atoms. The summed E-state index contributed by atoms with van der Waals surface area (Å²) in [7, 11) is -1.84. The standard InChI is InChI=1S/C13H15ClN4O4S/c1-7-4-5-8(6-9(7)14)16-23(21,22)10-11(15)17(2)13(20)18(3)12(10)19/h4-6,16H,15H2,1-3H3. The van der Waals surface area contributed by atoms with Crippen molar-refractivity contribution < 1.29 is 8.42 Å². The molecule has 0 radical (unpaired) electrons. The van der Waals surface area contributed by atoms with Crippen LogP contribution in [0.4, 0.5) is 11.5 Å². The second-order valence-electron chi connectivity index (χ2n) is 4.99. The highest BCUT2D eigenvalue weighted by Crippen LogP contribution is 2.22. The third kappa shape index (κ3) is 2.97. The smallest absolute Gasteiger partial charge is 0.332 e. The number of aryl methyl sites for hydroxylation is 1. The molecule has 2 aromatic rings. The average Bonchev–Trinajstić information content (AvgIpc) is 2.46. The number of hydrogen-bond acceptors (Lipinski definition) is 5. The SMILES string of the molecule is Cc1ccc(NS(=O)(=O)c2c(N)n(C)c(=O)n(C)c2=O)cc1Cl. The zero-order chi connectivity index (χ0) is 17.5. The Hall–Kier alpha value is -2.26. The average molecular weight is 359 g/mol. The maximum Gasteiger partial charge on any atom is 0.332 e. The lowest BCUT2D eigenvalue weighted by Gasteiger charge is -2.13. The van der Waals surface area contributed by atoms with Crippen molar-refractivity contribution in [2.45, 2.75) is 11.8 Å². The van der Waals surface area contributed by atoms with Crippen LogP contribution in [0.3, 0.4) is 0 Å². The Kier molecular flexibility index (Phi) is 4.27. The number of nitrogens with zero attached hydrogens (tertiary/aromatic N) is 2. The highest BCUT2D eigenvalue weighted by molar-refractivity contribution is 7.92. The number of nitrogens with two attached hydrogens (primary N) is 1. The Morgan fingerprint density at radius 1 is 1.17 bits per heavy atom. The van der Waals surface area contributed by atoms with E-state index in [0.29, 0.717) is 9.59 Å². The molecule has 0 amide bonds. The molecule has 0 unspecified atom stereocenters. The zero-order valence-electron chi connectivity index (χ0n) is 12.6. The molecule has 1 aromatic carbocycles. The summed E-state index contributed by atoms with van der Waals surface area (Å²) >= 11 is 5.95. The summed E-state index contributed by atoms with van der Waals surface area (Å²) in [6.45, 7) is 1.77. The first-order chi connectivity index (χ1) is 10.6. The largest absolute Gasteiger partial charge is 0.384 e. The van der Waals surface area contributed by atoms with Gasteiger partial charge in [-0.1, -0.05) is 17.7 Å². The van der Waals surface area contributed by atoms with Gasteiger partial charge in [0.15, 0.2) is 4.90 Å². The molecule has 0 spiro atoms. The van der Waals surface area contributed by atoms with Gasteiger partial charge >= 0.3 is 5.69 Å². The molecular weight excluding hydrogens is 344 g/mol. The van der Waals surface area contributed by atoms with Crippen LogP contribution in [-0.2, 0) is 24.1 Å². The molecule has 8 nitrogen and oxygen atoms in total. The van der Waals surface area contributed by atoms with Gasteiger partial charge < -0.3 is 5.73 Å². The van der Waals surface area contributed by atoms with E-state index in [0.717, 1.165) is 10.1 Å². The summed E-state index contributed by atoms with van der Waals surface area (Å²) in [5.41, 5.74) is 4.88. The van der Waals surface area contributed by atoms with E-state index in [-0.39, 0.29) is 5.69 Å². The third-order valence-electron chi connectivity index (χ3n) is 3.36. The summed E-state index contributed by atoms with van der Waals surface area (Å²) in [6, 6.07) is 4.54. The number of sulfonamides is 1. The molecular formula is C13H15ClN4O4S. The number of rotatable bonds is 3. The number of aromatic nitrogens is 2. The van der Waals surface area contributed by atoms with Crippen molar-refractivity contribution in [1.82, 2.24) is 9.13 Å². The van der Waals surface area contributed by atoms with Gasteiger partial charge in [-0.2, -0.15) is 0 Å². The molecule has 124 valence electrons. The molecule has 0 aliphatic heterocycles. The van der Waals surface area contributed by atoms with Crippen molar-refractivity contribution in [1.29, 1.82) is 0 Å². The first-order valence-electron chi connectivity index (χ1n) is 6.40. The molecule has 1 aromatic heterocycles. The number of hydrogen-bond donors (Lipinski definition) is 2. The van der Waals surface area contributed by atoms with Crippen LogP contribution in [0.15, 0.2) is 32.7 Å². The lowest BCUT2D eigenvalue weighted by molar-refractivity contribution is 0.591. The normalized spacial score (nSPS) is 11.5. The predicted molar refractivity (Wildman–Crippen MR) is 88.3 cm³/mol. The summed E-state index contributed by atoms with van der Waals surface area (Å²) in [5, 5.41) is 0.367. The van der Waals surface area contributed by atoms with Crippen molar-refractivity contribution in [3.05, 3.63) is 49.6 Å². The number of benzene rings is 1. The molecule has 0 saturated heterocycles. The molecule has 10 heteroatoms. The Labute approximate surface area is 137 Å². The van der Waals surface area contributed by atoms with E-state index in [1.807, 2.05) is 0 Å². The zero-order valence-corrected chi connectivity index (χ0v) is 14.2. The maximum atomic E-state index is 12.5. The molecule has 0 atom stereocenters. The van der Waals surface area contributed by atoms with Gasteiger partial charge in [0, 0.05) is 19.1 Å². The molecule has 0 saturated carbocycles. The van der Waals surface area contributed by atoms with Gasteiger partial charge in [0.05, 0.1) is 5.69 Å². The van der Waals surface area contributed by atoms with Crippen LogP contribution in [0.5, 0.6) is 0 Å². The van der Waals surface area contributed by atoms with E-state index in [2.05, 4.69) is 4.72 Å². The number of nitrogens with one attached hydrogen (secondary N) is 1. The predicted octanol–water partition coefficient (Wildman–Crippen LogP) is 0.429. The minimum absolute atomic E-state index is 0.177. The van der Waals surface area contributed by atoms with Gasteiger partial charge in [-0.3, -0.25) is 18.7 Å². The fraction of sp³-hybridized carbons (Fsp3) is 0.231. The summed E-state index contributed by atoms with van der Waals surface area (Å²) in [5.74, 6) is -0.441. The second-order valence-corrected chi connectivity index (χ2v) is 7.02. The molecule has 0 fully saturated rings. The van der Waals surface area contributed by atoms with Crippen molar-refractivity contribution in [2.24, 2.45) is 14.1 Å². The van der Waals surface area contributed by atoms with E-state index in [9.17, 15) is 18.0 Å². The van der Waals surface area contributed by atoms with E-state index in [1.54, 1.807) is 13.0 Å². The van der Waals surface area contributed by atoms with Gasteiger partial charge in [0.25, 0.3) is 15.6 Å². The van der Waals surface area contributed by atoms with Crippen LogP contribution in [0, 0.1) is 6.92 Å². The summed E-state index contributed by atoms with van der Waals surface area (Å²) in [6.07, 6.45) is 0. The molecule has 0 aliphatic rings. The first-order valence-corrected chi connectivity index (χ1v) is 8.27. The minimum atomic E-state index is -4.29. The number of halogens is 1. The van der Waals surface area contributed by atoms with Crippen LogP contribution in [0.1, 0.15) is 5.56 Å². The van der Waals surface area contributed by atoms with Crippen LogP contribution < -0.4 is 21.7 Å². The van der Waals surface area contributed by atoms with Gasteiger partial charge in [-0.05, 0) is 24.6 Å². The topological polar surface area (TPSA) is 116 Å². The van der Waals surface area contributed by atoms with Gasteiger partial charge in [0.1, 0.15) is 5.82 Å². The van der Waals surface area contributed by atoms with Crippen LogP contribution in [0.25, 0.3) is 0 Å². The number of anilines is 2. The minimum Gasteiger partial charge on any atom is -0.384 e. The van der Waals surface area contributed by atoms with Crippen LogP contribution >= 0.6 is 11.6 Å². The quantitative estimate of drug-likeness (QED) is 0.825. The van der Waals surface area contributed by atoms with Crippen LogP contribution in [-0.4, -0.2) is 17.6 Å². The lowest BCUT2D eigenvalue weighted by Crippen LogP contribution is -2.42. The molecule has 2 rings (SSSR count). The fourth-order valence-electron chi connectivity index (χ4n) is 1.94. The van der Waals surface area contributed by atoms with Crippen molar-refractivity contribution in [3.8, 4) is 0 Å². The van der Waals surface area contributed by atoms with E-state index in [1.165, 1.54) is 26.2 Å². The highest BCUT2D eigenvalue weighted by atomic mass is 35.5. The molecule has 1 heterocycles. The van der Waals surface area contributed by atoms with E-state index in [4.69, 9.17) is 17.3 Å². The van der Waals surface area contributed by atoms with Crippen molar-refractivity contribution in [3.63, 3.8) is 0 Å².